The van der Waals surface area contributed by atoms with Gasteiger partial charge in [0.05, 0.1) is 5.41 Å². The molecule has 0 aromatic rings. The van der Waals surface area contributed by atoms with Crippen LogP contribution in [-0.2, 0) is 42.9 Å². The number of ether oxygens (including phenoxy) is 4. The first kappa shape index (κ1) is 29.5. The lowest BCUT2D eigenvalue weighted by Gasteiger charge is -2.51. The lowest BCUT2D eigenvalue weighted by Crippen LogP contribution is -2.56. The number of ketones is 1. The van der Waals surface area contributed by atoms with Crippen LogP contribution < -0.4 is 0 Å². The lowest BCUT2D eigenvalue weighted by molar-refractivity contribution is -0.169. The molecule has 1 saturated carbocycles. The number of Topliss-reactive ketones (excluding diaryl/α,β-unsaturated/α-hetero) is 1. The Labute approximate surface area is 222 Å². The highest BCUT2D eigenvalue weighted by molar-refractivity contribution is 5.93. The molecule has 1 fully saturated rings. The molecule has 3 aliphatic carbocycles. The van der Waals surface area contributed by atoms with Gasteiger partial charge in [-0.05, 0) is 54.9 Å². The Balaban J connectivity index is 2.33. The maximum absolute atomic E-state index is 14.1. The molecule has 0 aromatic carbocycles. The van der Waals surface area contributed by atoms with E-state index >= 15 is 0 Å². The number of rotatable bonds is 4. The van der Waals surface area contributed by atoms with Crippen molar-refractivity contribution in [3.05, 3.63) is 22.8 Å². The van der Waals surface area contributed by atoms with E-state index in [-0.39, 0.29) is 19.3 Å². The summed E-state index contributed by atoms with van der Waals surface area (Å²) in [6.07, 6.45) is -3.10. The molecule has 0 amide bonds. The number of carbonyl (C=O) groups is 5. The zero-order valence-corrected chi connectivity index (χ0v) is 23.3. The van der Waals surface area contributed by atoms with E-state index in [0.29, 0.717) is 16.7 Å². The average Bonchev–Trinajstić information content (AvgIpc) is 2.75. The van der Waals surface area contributed by atoms with E-state index in [1.54, 1.807) is 19.9 Å². The zero-order valence-electron chi connectivity index (χ0n) is 23.3. The van der Waals surface area contributed by atoms with Crippen molar-refractivity contribution in [2.75, 3.05) is 0 Å². The number of fused-ring (bicyclic) bond motifs is 4. The Hall–Kier alpha value is -3.01. The van der Waals surface area contributed by atoms with Gasteiger partial charge >= 0.3 is 23.9 Å². The summed E-state index contributed by atoms with van der Waals surface area (Å²) in [5, 5.41) is 11.7. The summed E-state index contributed by atoms with van der Waals surface area (Å²) in [5.74, 6) is -3.33. The van der Waals surface area contributed by atoms with Crippen molar-refractivity contribution < 1.29 is 48.0 Å². The Kier molecular flexibility index (Phi) is 8.27. The molecule has 10 heteroatoms. The Morgan fingerprint density at radius 3 is 1.89 bits per heavy atom. The minimum absolute atomic E-state index is 0.00338. The second-order valence-corrected chi connectivity index (χ2v) is 11.4. The standard InChI is InChI=1S/C28H38O10/c1-13-20(35-14(2)29)10-19-22(37-16(4)31)9-18-12-28(8,26(34)25(33)24(13)27(19,6)7)23(38-17(5)32)11-21(18)36-15(3)30/h9,19-23,25,33H,10-12H2,1-8H3. The molecule has 0 aromatic heterocycles. The van der Waals surface area contributed by atoms with Crippen LogP contribution in [0.4, 0.5) is 0 Å². The van der Waals surface area contributed by atoms with Crippen molar-refractivity contribution in [1.29, 1.82) is 0 Å². The van der Waals surface area contributed by atoms with Crippen LogP contribution in [0.15, 0.2) is 22.8 Å². The predicted octanol–water partition coefficient (Wildman–Crippen LogP) is 2.75. The average molecular weight is 535 g/mol. The fourth-order valence-electron chi connectivity index (χ4n) is 6.48. The molecule has 0 saturated heterocycles. The Bertz CT molecular complexity index is 1100. The van der Waals surface area contributed by atoms with E-state index < -0.39 is 76.9 Å². The van der Waals surface area contributed by atoms with Crippen molar-refractivity contribution in [2.24, 2.45) is 16.7 Å². The first-order valence-corrected chi connectivity index (χ1v) is 12.8. The van der Waals surface area contributed by atoms with Gasteiger partial charge in [-0.2, -0.15) is 0 Å². The maximum atomic E-state index is 14.1. The number of hydrogen-bond acceptors (Lipinski definition) is 10. The van der Waals surface area contributed by atoms with Gasteiger partial charge in [0.15, 0.2) is 5.78 Å². The fraction of sp³-hybridized carbons (Fsp3) is 0.679. The molecule has 7 atom stereocenters. The molecular formula is C28H38O10. The number of hydrogen-bond donors (Lipinski definition) is 1. The minimum atomic E-state index is -1.61. The quantitative estimate of drug-likeness (QED) is 0.325. The highest BCUT2D eigenvalue weighted by atomic mass is 16.6. The molecule has 3 rings (SSSR count). The molecule has 0 aliphatic heterocycles. The molecule has 7 unspecified atom stereocenters. The predicted molar refractivity (Wildman–Crippen MR) is 133 cm³/mol. The van der Waals surface area contributed by atoms with Gasteiger partial charge in [0.1, 0.15) is 30.5 Å². The van der Waals surface area contributed by atoms with Crippen LogP contribution in [-0.4, -0.2) is 65.3 Å². The third-order valence-electron chi connectivity index (χ3n) is 8.21. The SMILES string of the molecule is CC(=O)OC1CC(OC(C)=O)C2(C)CC1=CC(OC(C)=O)C1CC(OC(C)=O)C(C)=C(C(O)C2=O)C1(C)C. The summed E-state index contributed by atoms with van der Waals surface area (Å²) in [7, 11) is 0. The van der Waals surface area contributed by atoms with Crippen LogP contribution in [0.1, 0.15) is 74.7 Å². The van der Waals surface area contributed by atoms with Crippen LogP contribution in [0.5, 0.6) is 0 Å². The minimum Gasteiger partial charge on any atom is -0.461 e. The normalized spacial score (nSPS) is 34.4. The lowest BCUT2D eigenvalue weighted by atomic mass is 9.57. The molecule has 210 valence electrons. The summed E-state index contributed by atoms with van der Waals surface area (Å²) in [4.78, 5) is 62.3. The maximum Gasteiger partial charge on any atom is 0.303 e. The van der Waals surface area contributed by atoms with E-state index in [2.05, 4.69) is 0 Å². The summed E-state index contributed by atoms with van der Waals surface area (Å²) < 4.78 is 22.5. The summed E-state index contributed by atoms with van der Waals surface area (Å²) in [6, 6.07) is 0. The summed E-state index contributed by atoms with van der Waals surface area (Å²) in [5.41, 5.74) is -0.826. The molecule has 10 nitrogen and oxygen atoms in total. The second-order valence-electron chi connectivity index (χ2n) is 11.4. The van der Waals surface area contributed by atoms with Crippen molar-refractivity contribution in [3.63, 3.8) is 0 Å². The van der Waals surface area contributed by atoms with Crippen LogP contribution >= 0.6 is 0 Å². The molecule has 0 radical (unpaired) electrons. The summed E-state index contributed by atoms with van der Waals surface area (Å²) >= 11 is 0. The van der Waals surface area contributed by atoms with Gasteiger partial charge < -0.3 is 24.1 Å². The summed E-state index contributed by atoms with van der Waals surface area (Å²) in [6.45, 7) is 12.0. The van der Waals surface area contributed by atoms with E-state index in [1.807, 2.05) is 13.8 Å². The topological polar surface area (TPSA) is 143 Å². The van der Waals surface area contributed by atoms with E-state index in [1.165, 1.54) is 27.7 Å². The smallest absolute Gasteiger partial charge is 0.303 e. The Morgan fingerprint density at radius 2 is 1.37 bits per heavy atom. The van der Waals surface area contributed by atoms with Crippen molar-refractivity contribution in [3.8, 4) is 0 Å². The molecule has 1 N–H and O–H groups in total. The van der Waals surface area contributed by atoms with Crippen molar-refractivity contribution in [2.45, 2.75) is 105 Å². The molecule has 38 heavy (non-hydrogen) atoms. The van der Waals surface area contributed by atoms with Crippen LogP contribution in [0, 0.1) is 16.7 Å². The largest absolute Gasteiger partial charge is 0.461 e. The Morgan fingerprint density at radius 1 is 0.842 bits per heavy atom. The van der Waals surface area contributed by atoms with Gasteiger partial charge in [-0.3, -0.25) is 24.0 Å². The van der Waals surface area contributed by atoms with E-state index in [9.17, 15) is 29.1 Å². The van der Waals surface area contributed by atoms with Gasteiger partial charge in [0, 0.05) is 40.0 Å². The van der Waals surface area contributed by atoms with Crippen LogP contribution in [0.3, 0.4) is 0 Å². The van der Waals surface area contributed by atoms with Gasteiger partial charge in [-0.25, -0.2) is 0 Å². The first-order valence-electron chi connectivity index (χ1n) is 12.8. The van der Waals surface area contributed by atoms with Gasteiger partial charge in [0.2, 0.25) is 0 Å². The van der Waals surface area contributed by atoms with Crippen LogP contribution in [0.2, 0.25) is 0 Å². The molecule has 0 spiro atoms. The monoisotopic (exact) mass is 534 g/mol. The first-order chi connectivity index (χ1) is 17.5. The van der Waals surface area contributed by atoms with Gasteiger partial charge in [-0.15, -0.1) is 0 Å². The number of aliphatic hydroxyl groups is 1. The van der Waals surface area contributed by atoms with Gasteiger partial charge in [-0.1, -0.05) is 13.8 Å². The van der Waals surface area contributed by atoms with Crippen LogP contribution in [0.25, 0.3) is 0 Å². The molecule has 4 bridgehead atoms. The highest BCUT2D eigenvalue weighted by Crippen LogP contribution is 2.53. The number of esters is 4. The second kappa shape index (κ2) is 10.6. The molecular weight excluding hydrogens is 496 g/mol. The number of aliphatic hydroxyl groups excluding tert-OH is 1. The van der Waals surface area contributed by atoms with E-state index in [0.717, 1.165) is 0 Å². The highest BCUT2D eigenvalue weighted by Gasteiger charge is 2.57. The zero-order chi connectivity index (χ0) is 28.7. The van der Waals surface area contributed by atoms with Gasteiger partial charge in [0.25, 0.3) is 0 Å². The van der Waals surface area contributed by atoms with Crippen molar-refractivity contribution >= 4 is 29.7 Å². The molecule has 0 heterocycles. The van der Waals surface area contributed by atoms with E-state index in [4.69, 9.17) is 18.9 Å². The molecule has 3 aliphatic rings. The number of carbonyl (C=O) groups excluding carboxylic acids is 5. The fourth-order valence-corrected chi connectivity index (χ4v) is 6.48. The van der Waals surface area contributed by atoms with Crippen molar-refractivity contribution in [1.82, 2.24) is 0 Å². The third-order valence-corrected chi connectivity index (χ3v) is 8.21. The third kappa shape index (κ3) is 5.55.